The summed E-state index contributed by atoms with van der Waals surface area (Å²) in [7, 11) is 0. The fourth-order valence-corrected chi connectivity index (χ4v) is 3.09. The number of anilines is 1. The van der Waals surface area contributed by atoms with Gasteiger partial charge in [-0.3, -0.25) is 4.79 Å². The summed E-state index contributed by atoms with van der Waals surface area (Å²) in [6, 6.07) is 5.94. The lowest BCUT2D eigenvalue weighted by Crippen LogP contribution is -2.46. The Morgan fingerprint density at radius 1 is 1.45 bits per heavy atom. The molecule has 0 aromatic heterocycles. The summed E-state index contributed by atoms with van der Waals surface area (Å²) in [5.74, 6) is 0.323. The molecule has 0 saturated carbocycles. The van der Waals surface area contributed by atoms with Gasteiger partial charge in [0.15, 0.2) is 0 Å². The number of carbonyl (C=O) groups is 1. The zero-order chi connectivity index (χ0) is 14.1. The molecular weight excluding hydrogens is 252 g/mol. The van der Waals surface area contributed by atoms with Crippen LogP contribution >= 0.6 is 0 Å². The summed E-state index contributed by atoms with van der Waals surface area (Å²) >= 11 is 0. The Kier molecular flexibility index (Phi) is 3.66. The third-order valence-corrected chi connectivity index (χ3v) is 4.51. The number of hydrogen-bond acceptors (Lipinski definition) is 3. The summed E-state index contributed by atoms with van der Waals surface area (Å²) in [6.07, 6.45) is 2.61. The summed E-state index contributed by atoms with van der Waals surface area (Å²) < 4.78 is 0. The maximum atomic E-state index is 12.7. The van der Waals surface area contributed by atoms with Crippen LogP contribution in [0.3, 0.4) is 0 Å². The van der Waals surface area contributed by atoms with Crippen molar-refractivity contribution in [2.45, 2.75) is 32.3 Å². The van der Waals surface area contributed by atoms with Gasteiger partial charge in [-0.15, -0.1) is 0 Å². The molecule has 0 bridgehead atoms. The van der Waals surface area contributed by atoms with Gasteiger partial charge in [-0.05, 0) is 36.8 Å². The number of hydrogen-bond donors (Lipinski definition) is 2. The van der Waals surface area contributed by atoms with E-state index in [9.17, 15) is 9.90 Å². The molecule has 2 heterocycles. The Morgan fingerprint density at radius 3 is 3.10 bits per heavy atom. The van der Waals surface area contributed by atoms with Crippen LogP contribution in [0.1, 0.15) is 35.7 Å². The zero-order valence-corrected chi connectivity index (χ0v) is 11.9. The normalized spacial score (nSPS) is 25.8. The minimum Gasteiger partial charge on any atom is -0.391 e. The number of benzene rings is 1. The van der Waals surface area contributed by atoms with E-state index in [1.807, 2.05) is 19.1 Å². The minimum absolute atomic E-state index is 0.0437. The van der Waals surface area contributed by atoms with Gasteiger partial charge in [0, 0.05) is 19.6 Å². The number of β-amino-alcohol motifs (C(OH)–C–C–N with tert-alkyl or cyclic N) is 1. The van der Waals surface area contributed by atoms with Gasteiger partial charge in [-0.1, -0.05) is 19.1 Å². The first-order valence-electron chi connectivity index (χ1n) is 7.50. The number of fused-ring (bicyclic) bond motifs is 1. The molecule has 0 aliphatic carbocycles. The Balaban J connectivity index is 1.84. The molecule has 1 amide bonds. The van der Waals surface area contributed by atoms with E-state index >= 15 is 0 Å². The van der Waals surface area contributed by atoms with Gasteiger partial charge >= 0.3 is 0 Å². The van der Waals surface area contributed by atoms with Crippen LogP contribution in [0.4, 0.5) is 5.69 Å². The Hall–Kier alpha value is -1.55. The number of piperidine rings is 1. The maximum absolute atomic E-state index is 12.7. The van der Waals surface area contributed by atoms with Crippen LogP contribution in [-0.4, -0.2) is 41.7 Å². The van der Waals surface area contributed by atoms with Gasteiger partial charge in [0.2, 0.25) is 0 Å². The van der Waals surface area contributed by atoms with Crippen LogP contribution in [0.15, 0.2) is 18.2 Å². The first-order chi connectivity index (χ1) is 9.66. The first-order valence-corrected chi connectivity index (χ1v) is 7.50. The molecule has 20 heavy (non-hydrogen) atoms. The van der Waals surface area contributed by atoms with E-state index in [-0.39, 0.29) is 11.8 Å². The highest BCUT2D eigenvalue weighted by Crippen LogP contribution is 2.28. The highest BCUT2D eigenvalue weighted by Gasteiger charge is 2.29. The quantitative estimate of drug-likeness (QED) is 0.822. The average molecular weight is 274 g/mol. The molecule has 4 heteroatoms. The SMILES string of the molecule is CC1CCN(C(=O)c2cccc3c2NCCC3)CC1O. The number of aryl methyl sites for hydroxylation is 1. The number of aliphatic hydroxyl groups is 1. The van der Waals surface area contributed by atoms with E-state index < -0.39 is 6.10 Å². The van der Waals surface area contributed by atoms with Crippen molar-refractivity contribution >= 4 is 11.6 Å². The number of nitrogens with zero attached hydrogens (tertiary/aromatic N) is 1. The van der Waals surface area contributed by atoms with E-state index in [0.717, 1.165) is 43.6 Å². The largest absolute Gasteiger partial charge is 0.391 e. The second kappa shape index (κ2) is 5.44. The van der Waals surface area contributed by atoms with Crippen molar-refractivity contribution in [1.29, 1.82) is 0 Å². The number of amides is 1. The topological polar surface area (TPSA) is 52.6 Å². The molecule has 2 N–H and O–H groups in total. The van der Waals surface area contributed by atoms with Crippen LogP contribution in [0, 0.1) is 5.92 Å². The molecule has 2 atom stereocenters. The molecule has 1 fully saturated rings. The Bertz CT molecular complexity index is 515. The average Bonchev–Trinajstić information content (AvgIpc) is 2.49. The molecule has 108 valence electrons. The van der Waals surface area contributed by atoms with Crippen LogP contribution in [0.2, 0.25) is 0 Å². The third-order valence-electron chi connectivity index (χ3n) is 4.51. The van der Waals surface area contributed by atoms with Gasteiger partial charge in [0.1, 0.15) is 0 Å². The predicted octanol–water partition coefficient (Wildman–Crippen LogP) is 1.89. The number of para-hydroxylation sites is 1. The summed E-state index contributed by atoms with van der Waals surface area (Å²) in [6.45, 7) is 4.15. The lowest BCUT2D eigenvalue weighted by atomic mass is 9.94. The van der Waals surface area contributed by atoms with Crippen molar-refractivity contribution in [3.05, 3.63) is 29.3 Å². The molecule has 2 aliphatic heterocycles. The molecule has 1 saturated heterocycles. The van der Waals surface area contributed by atoms with E-state index in [2.05, 4.69) is 11.4 Å². The van der Waals surface area contributed by atoms with Crippen LogP contribution < -0.4 is 5.32 Å². The molecule has 1 aromatic rings. The van der Waals surface area contributed by atoms with E-state index in [1.165, 1.54) is 5.56 Å². The Labute approximate surface area is 119 Å². The summed E-state index contributed by atoms with van der Waals surface area (Å²) in [4.78, 5) is 14.5. The molecule has 2 unspecified atom stereocenters. The van der Waals surface area contributed by atoms with Gasteiger partial charge < -0.3 is 15.3 Å². The van der Waals surface area contributed by atoms with Crippen molar-refractivity contribution in [3.8, 4) is 0 Å². The first kappa shape index (κ1) is 13.4. The van der Waals surface area contributed by atoms with Crippen molar-refractivity contribution < 1.29 is 9.90 Å². The lowest BCUT2D eigenvalue weighted by Gasteiger charge is -2.35. The number of likely N-dealkylation sites (tertiary alicyclic amines) is 1. The van der Waals surface area contributed by atoms with Crippen molar-refractivity contribution in [1.82, 2.24) is 4.90 Å². The maximum Gasteiger partial charge on any atom is 0.256 e. The van der Waals surface area contributed by atoms with Crippen LogP contribution in [-0.2, 0) is 6.42 Å². The number of carbonyl (C=O) groups excluding carboxylic acids is 1. The van der Waals surface area contributed by atoms with E-state index in [0.29, 0.717) is 6.54 Å². The number of rotatable bonds is 1. The second-order valence-corrected chi connectivity index (χ2v) is 5.95. The highest BCUT2D eigenvalue weighted by molar-refractivity contribution is 6.00. The number of aliphatic hydroxyl groups excluding tert-OH is 1. The molecule has 2 aliphatic rings. The molecule has 0 radical (unpaired) electrons. The summed E-state index contributed by atoms with van der Waals surface area (Å²) in [5.41, 5.74) is 2.98. The third kappa shape index (κ3) is 2.40. The fraction of sp³-hybridized carbons (Fsp3) is 0.562. The van der Waals surface area contributed by atoms with E-state index in [1.54, 1.807) is 4.90 Å². The lowest BCUT2D eigenvalue weighted by molar-refractivity contribution is 0.0249. The smallest absolute Gasteiger partial charge is 0.256 e. The van der Waals surface area contributed by atoms with Crippen LogP contribution in [0.25, 0.3) is 0 Å². The number of nitrogens with one attached hydrogen (secondary N) is 1. The predicted molar refractivity (Wildman–Crippen MR) is 78.9 cm³/mol. The van der Waals surface area contributed by atoms with Gasteiger partial charge in [0.25, 0.3) is 5.91 Å². The molecule has 0 spiro atoms. The highest BCUT2D eigenvalue weighted by atomic mass is 16.3. The zero-order valence-electron chi connectivity index (χ0n) is 11.9. The monoisotopic (exact) mass is 274 g/mol. The van der Waals surface area contributed by atoms with Crippen molar-refractivity contribution in [2.24, 2.45) is 5.92 Å². The Morgan fingerprint density at radius 2 is 2.30 bits per heavy atom. The molecule has 4 nitrogen and oxygen atoms in total. The van der Waals surface area contributed by atoms with Gasteiger partial charge in [0.05, 0.1) is 17.4 Å². The van der Waals surface area contributed by atoms with Crippen LogP contribution in [0.5, 0.6) is 0 Å². The minimum atomic E-state index is -0.403. The molecular formula is C16H22N2O2. The van der Waals surface area contributed by atoms with Crippen molar-refractivity contribution in [3.63, 3.8) is 0 Å². The van der Waals surface area contributed by atoms with Crippen molar-refractivity contribution in [2.75, 3.05) is 25.0 Å². The molecule has 3 rings (SSSR count). The van der Waals surface area contributed by atoms with Gasteiger partial charge in [-0.2, -0.15) is 0 Å². The second-order valence-electron chi connectivity index (χ2n) is 5.95. The summed E-state index contributed by atoms with van der Waals surface area (Å²) in [5, 5.41) is 13.3. The standard InChI is InChI=1S/C16H22N2O2/c1-11-7-9-18(10-14(11)19)16(20)13-6-2-4-12-5-3-8-17-15(12)13/h2,4,6,11,14,17,19H,3,5,7-10H2,1H3. The fourth-order valence-electron chi connectivity index (χ4n) is 3.09. The van der Waals surface area contributed by atoms with Gasteiger partial charge in [-0.25, -0.2) is 0 Å². The van der Waals surface area contributed by atoms with E-state index in [4.69, 9.17) is 0 Å². The molecule has 1 aromatic carbocycles.